The highest BCUT2D eigenvalue weighted by Gasteiger charge is 2.25. The average molecular weight is 377 g/mol. The van der Waals surface area contributed by atoms with E-state index in [9.17, 15) is 4.79 Å². The number of aromatic nitrogens is 4. The predicted molar refractivity (Wildman–Crippen MR) is 106 cm³/mol. The lowest BCUT2D eigenvalue weighted by atomic mass is 10.1. The molecule has 0 atom stereocenters. The van der Waals surface area contributed by atoms with Crippen molar-refractivity contribution in [2.75, 3.05) is 6.54 Å². The van der Waals surface area contributed by atoms with Crippen molar-refractivity contribution in [2.45, 2.75) is 26.4 Å². The number of fused-ring (bicyclic) bond motifs is 2. The number of rotatable bonds is 3. The molecule has 1 N–H and O–H groups in total. The fourth-order valence-electron chi connectivity index (χ4n) is 3.77. The first-order valence-electron chi connectivity index (χ1n) is 9.09. The molecule has 7 heteroatoms. The molecule has 27 heavy (non-hydrogen) atoms. The molecule has 0 radical (unpaired) electrons. The van der Waals surface area contributed by atoms with E-state index < -0.39 is 0 Å². The molecule has 1 aromatic carbocycles. The second kappa shape index (κ2) is 6.35. The molecule has 1 aliphatic heterocycles. The molecule has 6 nitrogen and oxygen atoms in total. The summed E-state index contributed by atoms with van der Waals surface area (Å²) in [5.74, 6) is -0.0168. The summed E-state index contributed by atoms with van der Waals surface area (Å²) in [7, 11) is 0. The van der Waals surface area contributed by atoms with Crippen molar-refractivity contribution in [1.82, 2.24) is 24.4 Å². The van der Waals surface area contributed by atoms with E-state index in [1.54, 1.807) is 6.33 Å². The fraction of sp³-hybridized carbons (Fsp3) is 0.250. The number of H-pyrrole nitrogens is 1. The van der Waals surface area contributed by atoms with Gasteiger partial charge >= 0.3 is 0 Å². The number of nitrogens with zero attached hydrogens (tertiary/aromatic N) is 4. The quantitative estimate of drug-likeness (QED) is 0.592. The lowest BCUT2D eigenvalue weighted by Gasteiger charge is -2.25. The molecule has 1 aliphatic rings. The Labute approximate surface area is 160 Å². The average Bonchev–Trinajstić information content (AvgIpc) is 3.43. The number of thiazole rings is 1. The molecule has 0 bridgehead atoms. The molecule has 0 unspecified atom stereocenters. The maximum absolute atomic E-state index is 12.9. The van der Waals surface area contributed by atoms with Crippen LogP contribution in [0, 0.1) is 0 Å². The second-order valence-electron chi connectivity index (χ2n) is 6.68. The Morgan fingerprint density at radius 3 is 3.11 bits per heavy atom. The maximum Gasteiger partial charge on any atom is 0.273 e. The number of hydrogen-bond donors (Lipinski definition) is 1. The summed E-state index contributed by atoms with van der Waals surface area (Å²) < 4.78 is 2.25. The number of amides is 1. The summed E-state index contributed by atoms with van der Waals surface area (Å²) in [4.78, 5) is 26.9. The number of aryl methyl sites for hydroxylation is 1. The summed E-state index contributed by atoms with van der Waals surface area (Å²) >= 11 is 1.53. The Morgan fingerprint density at radius 1 is 1.33 bits per heavy atom. The first kappa shape index (κ1) is 16.3. The highest BCUT2D eigenvalue weighted by Crippen LogP contribution is 2.31. The van der Waals surface area contributed by atoms with Crippen LogP contribution in [0.3, 0.4) is 0 Å². The largest absolute Gasteiger partial charge is 0.347 e. The molecule has 1 amide bonds. The summed E-state index contributed by atoms with van der Waals surface area (Å²) in [6.07, 6.45) is 2.48. The third kappa shape index (κ3) is 2.66. The Balaban J connectivity index is 1.46. The van der Waals surface area contributed by atoms with Crippen LogP contribution in [-0.2, 0) is 19.5 Å². The van der Waals surface area contributed by atoms with Crippen LogP contribution in [0.15, 0.2) is 42.0 Å². The summed E-state index contributed by atoms with van der Waals surface area (Å²) in [5, 5.41) is 3.95. The van der Waals surface area contributed by atoms with Crippen molar-refractivity contribution < 1.29 is 4.79 Å². The number of benzene rings is 1. The molecule has 0 spiro atoms. The highest BCUT2D eigenvalue weighted by molar-refractivity contribution is 7.13. The van der Waals surface area contributed by atoms with Crippen molar-refractivity contribution in [3.63, 3.8) is 0 Å². The van der Waals surface area contributed by atoms with Crippen LogP contribution in [0.1, 0.15) is 28.8 Å². The Bertz CT molecular complexity index is 1140. The van der Waals surface area contributed by atoms with Gasteiger partial charge in [-0.25, -0.2) is 9.97 Å². The number of imidazole rings is 1. The second-order valence-corrected chi connectivity index (χ2v) is 7.53. The van der Waals surface area contributed by atoms with Gasteiger partial charge in [0.1, 0.15) is 10.7 Å². The van der Waals surface area contributed by atoms with Crippen LogP contribution in [0.5, 0.6) is 0 Å². The maximum atomic E-state index is 12.9. The molecule has 0 aliphatic carbocycles. The number of para-hydroxylation sites is 1. The van der Waals surface area contributed by atoms with Crippen molar-refractivity contribution in [2.24, 2.45) is 0 Å². The monoisotopic (exact) mass is 377 g/mol. The summed E-state index contributed by atoms with van der Waals surface area (Å²) in [6.45, 7) is 4.24. The van der Waals surface area contributed by atoms with Crippen molar-refractivity contribution >= 4 is 28.1 Å². The third-order valence-corrected chi connectivity index (χ3v) is 6.00. The molecule has 3 aromatic heterocycles. The zero-order chi connectivity index (χ0) is 18.4. The summed E-state index contributed by atoms with van der Waals surface area (Å²) in [5.41, 5.74) is 4.87. The van der Waals surface area contributed by atoms with Gasteiger partial charge in [-0.05, 0) is 19.1 Å². The van der Waals surface area contributed by atoms with Gasteiger partial charge in [-0.1, -0.05) is 18.2 Å². The van der Waals surface area contributed by atoms with Crippen molar-refractivity contribution in [1.29, 1.82) is 0 Å². The van der Waals surface area contributed by atoms with Gasteiger partial charge in [0, 0.05) is 35.8 Å². The van der Waals surface area contributed by atoms with Gasteiger partial charge < -0.3 is 14.5 Å². The van der Waals surface area contributed by atoms with E-state index in [-0.39, 0.29) is 5.91 Å². The van der Waals surface area contributed by atoms with E-state index in [0.717, 1.165) is 35.1 Å². The van der Waals surface area contributed by atoms with E-state index in [1.807, 2.05) is 16.3 Å². The van der Waals surface area contributed by atoms with Gasteiger partial charge in [-0.15, -0.1) is 11.3 Å². The molecule has 4 aromatic rings. The fourth-order valence-corrected chi connectivity index (χ4v) is 4.58. The molecule has 5 rings (SSSR count). The number of carbonyl (C=O) groups is 1. The number of aromatic amines is 1. The zero-order valence-corrected chi connectivity index (χ0v) is 15.8. The SMILES string of the molecule is CCn1c(-c2nc(C(=O)N3CCc4nc[nH]c4C3)cs2)cc2ccccc21. The number of hydrogen-bond acceptors (Lipinski definition) is 4. The van der Waals surface area contributed by atoms with Gasteiger partial charge in [-0.2, -0.15) is 0 Å². The molecule has 0 saturated heterocycles. The Kier molecular flexibility index (Phi) is 3.82. The standard InChI is InChI=1S/C20H19N5OS/c1-2-25-17-6-4-3-5-13(17)9-18(25)19-23-16(11-27-19)20(26)24-8-7-14-15(10-24)22-12-21-14/h3-6,9,11-12H,2,7-8,10H2,1H3,(H,21,22). The topological polar surface area (TPSA) is 66.8 Å². The first-order valence-corrected chi connectivity index (χ1v) is 9.97. The van der Waals surface area contributed by atoms with E-state index >= 15 is 0 Å². The number of nitrogens with one attached hydrogen (secondary N) is 1. The van der Waals surface area contributed by atoms with Crippen LogP contribution in [0.4, 0.5) is 0 Å². The number of carbonyl (C=O) groups excluding carboxylic acids is 1. The van der Waals surface area contributed by atoms with Crippen LogP contribution in [0.25, 0.3) is 21.6 Å². The highest BCUT2D eigenvalue weighted by atomic mass is 32.1. The Morgan fingerprint density at radius 2 is 2.22 bits per heavy atom. The first-order chi connectivity index (χ1) is 13.2. The molecule has 136 valence electrons. The summed E-state index contributed by atoms with van der Waals surface area (Å²) in [6, 6.07) is 10.5. The third-order valence-electron chi connectivity index (χ3n) is 5.13. The van der Waals surface area contributed by atoms with Gasteiger partial charge in [0.25, 0.3) is 5.91 Å². The smallest absolute Gasteiger partial charge is 0.273 e. The van der Waals surface area contributed by atoms with Gasteiger partial charge in [0.05, 0.1) is 30.0 Å². The normalized spacial score (nSPS) is 13.9. The molecule has 4 heterocycles. The molecule has 0 saturated carbocycles. The Hall–Kier alpha value is -2.93. The van der Waals surface area contributed by atoms with Crippen LogP contribution in [0.2, 0.25) is 0 Å². The molecular formula is C20H19N5OS. The lowest BCUT2D eigenvalue weighted by Crippen LogP contribution is -2.36. The van der Waals surface area contributed by atoms with Gasteiger partial charge in [0.2, 0.25) is 0 Å². The molecule has 0 fully saturated rings. The van der Waals surface area contributed by atoms with E-state index in [2.05, 4.69) is 50.7 Å². The minimum Gasteiger partial charge on any atom is -0.347 e. The van der Waals surface area contributed by atoms with Crippen LogP contribution in [-0.4, -0.2) is 36.9 Å². The van der Waals surface area contributed by atoms with E-state index in [1.165, 1.54) is 22.2 Å². The van der Waals surface area contributed by atoms with Gasteiger partial charge in [0.15, 0.2) is 0 Å². The van der Waals surface area contributed by atoms with Crippen molar-refractivity contribution in [3.05, 3.63) is 59.1 Å². The van der Waals surface area contributed by atoms with Crippen LogP contribution >= 0.6 is 11.3 Å². The van der Waals surface area contributed by atoms with Gasteiger partial charge in [-0.3, -0.25) is 4.79 Å². The zero-order valence-electron chi connectivity index (χ0n) is 15.0. The van der Waals surface area contributed by atoms with Crippen LogP contribution < -0.4 is 0 Å². The minimum atomic E-state index is -0.0168. The van der Waals surface area contributed by atoms with Crippen molar-refractivity contribution in [3.8, 4) is 10.7 Å². The molecular weight excluding hydrogens is 358 g/mol. The van der Waals surface area contributed by atoms with E-state index in [4.69, 9.17) is 0 Å². The lowest BCUT2D eigenvalue weighted by molar-refractivity contribution is 0.0727. The minimum absolute atomic E-state index is 0.0168. The van der Waals surface area contributed by atoms with E-state index in [0.29, 0.717) is 18.8 Å². The predicted octanol–water partition coefficient (Wildman–Crippen LogP) is 3.71.